The summed E-state index contributed by atoms with van der Waals surface area (Å²) in [6.45, 7) is 4.01. The van der Waals surface area contributed by atoms with Crippen molar-refractivity contribution in [3.05, 3.63) is 71.8 Å². The van der Waals surface area contributed by atoms with Gasteiger partial charge >= 0.3 is 11.9 Å². The molecule has 0 saturated heterocycles. The van der Waals surface area contributed by atoms with Crippen LogP contribution in [-0.4, -0.2) is 24.1 Å². The number of ether oxygens (including phenoxy) is 2. The summed E-state index contributed by atoms with van der Waals surface area (Å²) in [5.41, 5.74) is 1.06. The van der Waals surface area contributed by atoms with Crippen LogP contribution in [0.1, 0.15) is 73.1 Å². The van der Waals surface area contributed by atoms with Crippen molar-refractivity contribution < 1.29 is 19.1 Å². The first kappa shape index (κ1) is 21.7. The summed E-state index contributed by atoms with van der Waals surface area (Å²) in [6, 6.07) is 17.9. The van der Waals surface area contributed by atoms with Crippen LogP contribution < -0.4 is 0 Å². The highest BCUT2D eigenvalue weighted by atomic mass is 16.6. The molecule has 2 unspecified atom stereocenters. The number of unbranched alkanes of at least 4 members (excludes halogenated alkanes) is 3. The van der Waals surface area contributed by atoms with E-state index < -0.39 is 0 Å². The van der Waals surface area contributed by atoms with Crippen LogP contribution in [0.15, 0.2) is 60.7 Å². The van der Waals surface area contributed by atoms with E-state index in [2.05, 4.69) is 6.92 Å². The zero-order chi connectivity index (χ0) is 20.2. The molecule has 2 rings (SSSR count). The summed E-state index contributed by atoms with van der Waals surface area (Å²) in [7, 11) is 0. The molecule has 0 saturated carbocycles. The molecule has 0 fully saturated rings. The van der Waals surface area contributed by atoms with E-state index in [9.17, 15) is 9.59 Å². The highest BCUT2D eigenvalue weighted by molar-refractivity contribution is 5.90. The second-order valence-electron chi connectivity index (χ2n) is 7.06. The zero-order valence-electron chi connectivity index (χ0n) is 16.8. The van der Waals surface area contributed by atoms with Crippen molar-refractivity contribution in [2.45, 2.75) is 64.6 Å². The lowest BCUT2D eigenvalue weighted by Crippen LogP contribution is -2.26. The molecule has 0 aliphatic carbocycles. The maximum absolute atomic E-state index is 12.4. The van der Waals surface area contributed by atoms with Crippen LogP contribution in [0.4, 0.5) is 0 Å². The molecular formula is C24H30O4. The van der Waals surface area contributed by atoms with E-state index in [1.54, 1.807) is 36.4 Å². The van der Waals surface area contributed by atoms with Crippen LogP contribution in [0.25, 0.3) is 0 Å². The molecule has 0 radical (unpaired) electrons. The lowest BCUT2D eigenvalue weighted by Gasteiger charge is -2.22. The monoisotopic (exact) mass is 382 g/mol. The molecule has 0 aliphatic heterocycles. The van der Waals surface area contributed by atoms with E-state index >= 15 is 0 Å². The zero-order valence-corrected chi connectivity index (χ0v) is 16.8. The van der Waals surface area contributed by atoms with E-state index in [0.29, 0.717) is 17.5 Å². The average molecular weight is 383 g/mol. The number of benzene rings is 2. The average Bonchev–Trinajstić information content (AvgIpc) is 2.72. The van der Waals surface area contributed by atoms with Crippen LogP contribution in [0.5, 0.6) is 0 Å². The summed E-state index contributed by atoms with van der Waals surface area (Å²) in [5, 5.41) is 0. The summed E-state index contributed by atoms with van der Waals surface area (Å²) < 4.78 is 11.3. The third kappa shape index (κ3) is 7.55. The SMILES string of the molecule is CCCCCCC(CC(C)OC(=O)c1ccccc1)OC(=O)c1ccccc1. The number of rotatable bonds is 11. The molecule has 2 aromatic rings. The van der Waals surface area contributed by atoms with Crippen molar-refractivity contribution in [2.75, 3.05) is 0 Å². The molecule has 150 valence electrons. The lowest BCUT2D eigenvalue weighted by atomic mass is 10.0. The highest BCUT2D eigenvalue weighted by Crippen LogP contribution is 2.18. The maximum Gasteiger partial charge on any atom is 0.338 e. The maximum atomic E-state index is 12.4. The predicted octanol–water partition coefficient (Wildman–Crippen LogP) is 5.82. The smallest absolute Gasteiger partial charge is 0.338 e. The molecule has 0 spiro atoms. The van der Waals surface area contributed by atoms with Crippen molar-refractivity contribution in [1.82, 2.24) is 0 Å². The first-order valence-electron chi connectivity index (χ1n) is 10.1. The Kier molecular flexibility index (Phi) is 9.26. The Morgan fingerprint density at radius 3 is 1.86 bits per heavy atom. The van der Waals surface area contributed by atoms with Crippen LogP contribution in [0.2, 0.25) is 0 Å². The third-order valence-electron chi connectivity index (χ3n) is 4.58. The second-order valence-corrected chi connectivity index (χ2v) is 7.06. The molecule has 0 N–H and O–H groups in total. The predicted molar refractivity (Wildman–Crippen MR) is 110 cm³/mol. The molecule has 2 atom stereocenters. The minimum Gasteiger partial charge on any atom is -0.459 e. The fraction of sp³-hybridized carbons (Fsp3) is 0.417. The van der Waals surface area contributed by atoms with E-state index in [0.717, 1.165) is 32.1 Å². The Labute approximate surface area is 167 Å². The first-order chi connectivity index (χ1) is 13.6. The van der Waals surface area contributed by atoms with Gasteiger partial charge in [-0.05, 0) is 44.0 Å². The van der Waals surface area contributed by atoms with Gasteiger partial charge in [0.15, 0.2) is 0 Å². The van der Waals surface area contributed by atoms with Crippen LogP contribution >= 0.6 is 0 Å². The fourth-order valence-corrected chi connectivity index (χ4v) is 3.06. The van der Waals surface area contributed by atoms with Gasteiger partial charge in [-0.25, -0.2) is 9.59 Å². The van der Waals surface area contributed by atoms with Gasteiger partial charge in [-0.3, -0.25) is 0 Å². The Morgan fingerprint density at radius 1 is 0.786 bits per heavy atom. The van der Waals surface area contributed by atoms with E-state index in [1.807, 2.05) is 31.2 Å². The van der Waals surface area contributed by atoms with Crippen molar-refractivity contribution in [2.24, 2.45) is 0 Å². The van der Waals surface area contributed by atoms with Gasteiger partial charge in [0.2, 0.25) is 0 Å². The van der Waals surface area contributed by atoms with Crippen molar-refractivity contribution in [1.29, 1.82) is 0 Å². The largest absolute Gasteiger partial charge is 0.459 e. The molecule has 0 aromatic heterocycles. The summed E-state index contributed by atoms with van der Waals surface area (Å²) in [6.07, 6.45) is 5.05. The number of carbonyl (C=O) groups excluding carboxylic acids is 2. The second kappa shape index (κ2) is 12.0. The van der Waals surface area contributed by atoms with Gasteiger partial charge in [-0.2, -0.15) is 0 Å². The Bertz CT molecular complexity index is 712. The Hall–Kier alpha value is -2.62. The number of hydrogen-bond donors (Lipinski definition) is 0. The molecular weight excluding hydrogens is 352 g/mol. The quantitative estimate of drug-likeness (QED) is 0.363. The molecule has 0 amide bonds. The molecule has 0 aliphatic rings. The molecule has 2 aromatic carbocycles. The molecule has 4 nitrogen and oxygen atoms in total. The molecule has 4 heteroatoms. The molecule has 0 heterocycles. The Balaban J connectivity index is 1.93. The topological polar surface area (TPSA) is 52.6 Å². The van der Waals surface area contributed by atoms with E-state index in [1.165, 1.54) is 0 Å². The number of carbonyl (C=O) groups is 2. The third-order valence-corrected chi connectivity index (χ3v) is 4.58. The summed E-state index contributed by atoms with van der Waals surface area (Å²) >= 11 is 0. The minimum atomic E-state index is -0.354. The fourth-order valence-electron chi connectivity index (χ4n) is 3.06. The van der Waals surface area contributed by atoms with Crippen molar-refractivity contribution in [3.63, 3.8) is 0 Å². The van der Waals surface area contributed by atoms with Crippen LogP contribution in [0, 0.1) is 0 Å². The first-order valence-corrected chi connectivity index (χ1v) is 10.1. The van der Waals surface area contributed by atoms with Crippen molar-refractivity contribution >= 4 is 11.9 Å². The van der Waals surface area contributed by atoms with Gasteiger partial charge < -0.3 is 9.47 Å². The number of esters is 2. The summed E-state index contributed by atoms with van der Waals surface area (Å²) in [5.74, 6) is -0.685. The number of hydrogen-bond acceptors (Lipinski definition) is 4. The highest BCUT2D eigenvalue weighted by Gasteiger charge is 2.21. The van der Waals surface area contributed by atoms with Gasteiger partial charge in [-0.15, -0.1) is 0 Å². The van der Waals surface area contributed by atoms with Crippen molar-refractivity contribution in [3.8, 4) is 0 Å². The molecule has 28 heavy (non-hydrogen) atoms. The normalized spacial score (nSPS) is 12.8. The van der Waals surface area contributed by atoms with Gasteiger partial charge in [0.1, 0.15) is 12.2 Å². The standard InChI is InChI=1S/C24H30O4/c1-3-4-5-12-17-22(28-24(26)21-15-10-7-11-16-21)18-19(2)27-23(25)20-13-8-6-9-14-20/h6-11,13-16,19,22H,3-5,12,17-18H2,1-2H3. The minimum absolute atomic E-state index is 0.275. The van der Waals surface area contributed by atoms with E-state index in [4.69, 9.17) is 9.47 Å². The van der Waals surface area contributed by atoms with Crippen LogP contribution in [-0.2, 0) is 9.47 Å². The van der Waals surface area contributed by atoms with Gasteiger partial charge in [0.05, 0.1) is 11.1 Å². The Morgan fingerprint density at radius 2 is 1.32 bits per heavy atom. The van der Waals surface area contributed by atoms with Crippen LogP contribution in [0.3, 0.4) is 0 Å². The van der Waals surface area contributed by atoms with Gasteiger partial charge in [0, 0.05) is 6.42 Å². The molecule has 0 bridgehead atoms. The summed E-state index contributed by atoms with van der Waals surface area (Å²) in [4.78, 5) is 24.7. The van der Waals surface area contributed by atoms with E-state index in [-0.39, 0.29) is 24.1 Å². The van der Waals surface area contributed by atoms with Gasteiger partial charge in [-0.1, -0.05) is 62.6 Å². The van der Waals surface area contributed by atoms with Gasteiger partial charge in [0.25, 0.3) is 0 Å². The lowest BCUT2D eigenvalue weighted by molar-refractivity contribution is 0.00120.